The van der Waals surface area contributed by atoms with Crippen LogP contribution in [0.2, 0.25) is 0 Å². The van der Waals surface area contributed by atoms with Gasteiger partial charge in [0.1, 0.15) is 11.3 Å². The average Bonchev–Trinajstić information content (AvgIpc) is 2.46. The van der Waals surface area contributed by atoms with Gasteiger partial charge in [0.2, 0.25) is 0 Å². The maximum absolute atomic E-state index is 12.3. The molecule has 0 aliphatic carbocycles. The van der Waals surface area contributed by atoms with Crippen LogP contribution >= 0.6 is 0 Å². The second kappa shape index (κ2) is 7.13. The first kappa shape index (κ1) is 16.8. The van der Waals surface area contributed by atoms with Gasteiger partial charge in [-0.25, -0.2) is 0 Å². The molecule has 0 radical (unpaired) electrons. The summed E-state index contributed by atoms with van der Waals surface area (Å²) >= 11 is 0. The van der Waals surface area contributed by atoms with Gasteiger partial charge in [0.05, 0.1) is 12.1 Å². The number of pyridine rings is 1. The van der Waals surface area contributed by atoms with Crippen LogP contribution in [0.15, 0.2) is 41.2 Å². The van der Waals surface area contributed by atoms with E-state index in [0.717, 1.165) is 17.0 Å². The number of rotatable bonds is 5. The molecule has 23 heavy (non-hydrogen) atoms. The molecule has 2 aromatic rings. The number of H-pyrrole nitrogens is 1. The monoisotopic (exact) mass is 314 g/mol. The van der Waals surface area contributed by atoms with E-state index < -0.39 is 5.91 Å². The quantitative estimate of drug-likeness (QED) is 0.891. The molecule has 1 amide bonds. The van der Waals surface area contributed by atoms with Gasteiger partial charge in [-0.3, -0.25) is 9.59 Å². The highest BCUT2D eigenvalue weighted by atomic mass is 16.5. The number of carbonyl (C=O) groups is 1. The first-order valence-electron chi connectivity index (χ1n) is 7.64. The van der Waals surface area contributed by atoms with Gasteiger partial charge in [0, 0.05) is 5.69 Å². The molecule has 1 aromatic heterocycles. The van der Waals surface area contributed by atoms with E-state index in [-0.39, 0.29) is 23.3 Å². The lowest BCUT2D eigenvalue weighted by molar-refractivity contribution is 0.0938. The Labute approximate surface area is 135 Å². The van der Waals surface area contributed by atoms with Crippen molar-refractivity contribution in [3.8, 4) is 5.75 Å². The molecule has 2 N–H and O–H groups in total. The van der Waals surface area contributed by atoms with E-state index in [4.69, 9.17) is 4.74 Å². The van der Waals surface area contributed by atoms with Gasteiger partial charge in [0.15, 0.2) is 0 Å². The molecule has 0 fully saturated rings. The molecule has 0 aliphatic heterocycles. The van der Waals surface area contributed by atoms with Gasteiger partial charge >= 0.3 is 0 Å². The van der Waals surface area contributed by atoms with Crippen molar-refractivity contribution in [2.45, 2.75) is 39.8 Å². The van der Waals surface area contributed by atoms with E-state index >= 15 is 0 Å². The van der Waals surface area contributed by atoms with Gasteiger partial charge in [0.25, 0.3) is 11.5 Å². The fourth-order valence-corrected chi connectivity index (χ4v) is 2.24. The number of hydrogen-bond donors (Lipinski definition) is 2. The summed E-state index contributed by atoms with van der Waals surface area (Å²) in [6.07, 6.45) is 0.0845. The fraction of sp³-hybridized carbons (Fsp3) is 0.333. The van der Waals surface area contributed by atoms with Crippen molar-refractivity contribution in [3.05, 3.63) is 63.6 Å². The van der Waals surface area contributed by atoms with Crippen molar-refractivity contribution in [1.82, 2.24) is 10.3 Å². The molecular formula is C18H22N2O3. The summed E-state index contributed by atoms with van der Waals surface area (Å²) in [7, 11) is 0. The maximum atomic E-state index is 12.3. The number of carbonyl (C=O) groups excluding carboxylic acids is 1. The second-order valence-corrected chi connectivity index (χ2v) is 5.82. The lowest BCUT2D eigenvalue weighted by Crippen LogP contribution is -2.31. The standard InChI is InChI=1S/C18H22N2O3/c1-11(2)23-15-7-5-6-14(10-15)13(4)20-18(22)16-9-8-12(3)19-17(16)21/h5-11,13H,1-4H3,(H,19,21)(H,20,22)/t13-/m0/s1. The van der Waals surface area contributed by atoms with Crippen LogP contribution in [-0.2, 0) is 0 Å². The molecule has 1 aromatic carbocycles. The number of aromatic amines is 1. The van der Waals surface area contributed by atoms with Crippen LogP contribution < -0.4 is 15.6 Å². The maximum Gasteiger partial charge on any atom is 0.260 e. The van der Waals surface area contributed by atoms with E-state index in [2.05, 4.69) is 10.3 Å². The smallest absolute Gasteiger partial charge is 0.260 e. The van der Waals surface area contributed by atoms with Crippen molar-refractivity contribution in [2.24, 2.45) is 0 Å². The van der Waals surface area contributed by atoms with Crippen LogP contribution in [0, 0.1) is 6.92 Å². The van der Waals surface area contributed by atoms with Gasteiger partial charge in [-0.05, 0) is 57.5 Å². The zero-order chi connectivity index (χ0) is 17.0. The highest BCUT2D eigenvalue weighted by molar-refractivity contribution is 5.94. The van der Waals surface area contributed by atoms with Crippen LogP contribution in [0.25, 0.3) is 0 Å². The minimum atomic E-state index is -0.395. The number of aromatic nitrogens is 1. The summed E-state index contributed by atoms with van der Waals surface area (Å²) in [6, 6.07) is 10.6. The SMILES string of the molecule is Cc1ccc(C(=O)N[C@@H](C)c2cccc(OC(C)C)c2)c(=O)[nH]1. The van der Waals surface area contributed by atoms with Crippen LogP contribution in [0.4, 0.5) is 0 Å². The Morgan fingerprint density at radius 2 is 1.91 bits per heavy atom. The molecule has 122 valence electrons. The molecule has 5 nitrogen and oxygen atoms in total. The van der Waals surface area contributed by atoms with Gasteiger partial charge < -0.3 is 15.0 Å². The third-order valence-corrected chi connectivity index (χ3v) is 3.38. The number of hydrogen-bond acceptors (Lipinski definition) is 3. The van der Waals surface area contributed by atoms with E-state index in [1.54, 1.807) is 13.0 Å². The first-order chi connectivity index (χ1) is 10.9. The van der Waals surface area contributed by atoms with Gasteiger partial charge in [-0.2, -0.15) is 0 Å². The van der Waals surface area contributed by atoms with Gasteiger partial charge in [-0.15, -0.1) is 0 Å². The van der Waals surface area contributed by atoms with Crippen LogP contribution in [0.5, 0.6) is 5.75 Å². The van der Waals surface area contributed by atoms with E-state index in [0.29, 0.717) is 0 Å². The molecule has 1 heterocycles. The average molecular weight is 314 g/mol. The number of nitrogens with one attached hydrogen (secondary N) is 2. The highest BCUT2D eigenvalue weighted by Gasteiger charge is 2.15. The summed E-state index contributed by atoms with van der Waals surface area (Å²) in [4.78, 5) is 26.7. The van der Waals surface area contributed by atoms with E-state index in [1.807, 2.05) is 45.0 Å². The molecule has 0 aliphatic rings. The summed E-state index contributed by atoms with van der Waals surface area (Å²) in [5.74, 6) is 0.362. The van der Waals surface area contributed by atoms with Gasteiger partial charge in [-0.1, -0.05) is 12.1 Å². The number of amides is 1. The Bertz CT molecular complexity index is 750. The van der Waals surface area contributed by atoms with Crippen molar-refractivity contribution < 1.29 is 9.53 Å². The highest BCUT2D eigenvalue weighted by Crippen LogP contribution is 2.20. The summed E-state index contributed by atoms with van der Waals surface area (Å²) in [5.41, 5.74) is 1.36. The molecular weight excluding hydrogens is 292 g/mol. The third-order valence-electron chi connectivity index (χ3n) is 3.38. The Morgan fingerprint density at radius 3 is 2.57 bits per heavy atom. The normalized spacial score (nSPS) is 12.0. The predicted octanol–water partition coefficient (Wildman–Crippen LogP) is 2.96. The zero-order valence-electron chi connectivity index (χ0n) is 13.8. The molecule has 0 unspecified atom stereocenters. The van der Waals surface area contributed by atoms with Crippen LogP contribution in [0.1, 0.15) is 48.4 Å². The molecule has 0 saturated heterocycles. The number of aryl methyl sites for hydroxylation is 1. The van der Waals surface area contributed by atoms with E-state index in [1.165, 1.54) is 6.07 Å². The minimum absolute atomic E-state index is 0.0845. The summed E-state index contributed by atoms with van der Waals surface area (Å²) in [5, 5.41) is 2.84. The molecule has 0 saturated carbocycles. The Balaban J connectivity index is 2.13. The van der Waals surface area contributed by atoms with Crippen LogP contribution in [0.3, 0.4) is 0 Å². The molecule has 1 atom stereocenters. The molecule has 5 heteroatoms. The van der Waals surface area contributed by atoms with Crippen LogP contribution in [-0.4, -0.2) is 17.0 Å². The lowest BCUT2D eigenvalue weighted by Gasteiger charge is -2.16. The number of ether oxygens (including phenoxy) is 1. The van der Waals surface area contributed by atoms with Crippen molar-refractivity contribution >= 4 is 5.91 Å². The molecule has 2 rings (SSSR count). The number of benzene rings is 1. The minimum Gasteiger partial charge on any atom is -0.491 e. The van der Waals surface area contributed by atoms with Crippen molar-refractivity contribution in [3.63, 3.8) is 0 Å². The lowest BCUT2D eigenvalue weighted by atomic mass is 10.1. The Morgan fingerprint density at radius 1 is 1.17 bits per heavy atom. The molecule has 0 spiro atoms. The van der Waals surface area contributed by atoms with Crippen molar-refractivity contribution in [2.75, 3.05) is 0 Å². The Kier molecular flexibility index (Phi) is 5.21. The third kappa shape index (κ3) is 4.45. The fourth-order valence-electron chi connectivity index (χ4n) is 2.24. The second-order valence-electron chi connectivity index (χ2n) is 5.82. The van der Waals surface area contributed by atoms with Crippen molar-refractivity contribution in [1.29, 1.82) is 0 Å². The largest absolute Gasteiger partial charge is 0.491 e. The topological polar surface area (TPSA) is 71.2 Å². The summed E-state index contributed by atoms with van der Waals surface area (Å²) < 4.78 is 5.66. The predicted molar refractivity (Wildman–Crippen MR) is 89.9 cm³/mol. The Hall–Kier alpha value is -2.56. The first-order valence-corrected chi connectivity index (χ1v) is 7.64. The van der Waals surface area contributed by atoms with E-state index in [9.17, 15) is 9.59 Å². The summed E-state index contributed by atoms with van der Waals surface area (Å²) in [6.45, 7) is 7.56. The zero-order valence-corrected chi connectivity index (χ0v) is 13.8. The molecule has 0 bridgehead atoms.